The number of nitrogens with zero attached hydrogens (tertiary/aromatic N) is 3. The Morgan fingerprint density at radius 1 is 1.28 bits per heavy atom. The van der Waals surface area contributed by atoms with Crippen molar-refractivity contribution >= 4 is 28.3 Å². The van der Waals surface area contributed by atoms with E-state index < -0.39 is 0 Å². The van der Waals surface area contributed by atoms with Gasteiger partial charge < -0.3 is 0 Å². The zero-order valence-electron chi connectivity index (χ0n) is 9.18. The van der Waals surface area contributed by atoms with E-state index in [9.17, 15) is 0 Å². The van der Waals surface area contributed by atoms with Crippen LogP contribution in [0, 0.1) is 5.41 Å². The number of anilines is 1. The molecule has 0 saturated heterocycles. The Labute approximate surface area is 107 Å². The predicted octanol–water partition coefficient (Wildman–Crippen LogP) is 1.77. The first kappa shape index (κ1) is 10.8. The molecule has 0 aliphatic carbocycles. The molecular weight excluding hydrogens is 252 g/mol. The predicted molar refractivity (Wildman–Crippen MR) is 68.2 cm³/mol. The van der Waals surface area contributed by atoms with E-state index in [4.69, 9.17) is 17.0 Å². The van der Waals surface area contributed by atoms with E-state index in [-0.39, 0.29) is 5.49 Å². The maximum atomic E-state index is 8.02. The summed E-state index contributed by atoms with van der Waals surface area (Å²) in [7, 11) is 0. The van der Waals surface area contributed by atoms with Crippen LogP contribution in [0.15, 0.2) is 36.8 Å². The number of fused-ring (bicyclic) bond motifs is 1. The molecule has 90 valence electrons. The van der Waals surface area contributed by atoms with Gasteiger partial charge in [-0.1, -0.05) is 11.6 Å². The molecule has 0 atom stereocenters. The first-order valence-electron chi connectivity index (χ1n) is 5.22. The van der Waals surface area contributed by atoms with Crippen LogP contribution in [0.1, 0.15) is 0 Å². The maximum absolute atomic E-state index is 8.02. The lowest BCUT2D eigenvalue weighted by molar-refractivity contribution is 0.838. The standard InChI is InChI=1S/C11H9ClN6/c12-7-1-3-8(4-2-7)17-18-6-14-11-9(10(18)13)5-15-16-11/h1-6,13,17H,(H,15,16). The van der Waals surface area contributed by atoms with Gasteiger partial charge in [-0.15, -0.1) is 0 Å². The highest BCUT2D eigenvalue weighted by molar-refractivity contribution is 6.30. The van der Waals surface area contributed by atoms with Gasteiger partial charge in [0.1, 0.15) is 6.33 Å². The molecule has 2 aromatic heterocycles. The molecule has 0 bridgehead atoms. The minimum absolute atomic E-state index is 0.281. The molecule has 1 aromatic carbocycles. The van der Waals surface area contributed by atoms with Gasteiger partial charge >= 0.3 is 0 Å². The van der Waals surface area contributed by atoms with Crippen LogP contribution in [0.2, 0.25) is 5.02 Å². The van der Waals surface area contributed by atoms with Gasteiger partial charge in [0, 0.05) is 5.02 Å². The molecule has 0 amide bonds. The highest BCUT2D eigenvalue weighted by atomic mass is 35.5. The van der Waals surface area contributed by atoms with Crippen LogP contribution in [-0.2, 0) is 0 Å². The summed E-state index contributed by atoms with van der Waals surface area (Å²) in [5.74, 6) is 0. The Morgan fingerprint density at radius 2 is 2.06 bits per heavy atom. The molecule has 0 aliphatic rings. The second kappa shape index (κ2) is 4.15. The van der Waals surface area contributed by atoms with Crippen molar-refractivity contribution in [2.75, 3.05) is 5.43 Å². The van der Waals surface area contributed by atoms with Gasteiger partial charge in [0.2, 0.25) is 0 Å². The highest BCUT2D eigenvalue weighted by Crippen LogP contribution is 2.13. The fraction of sp³-hybridized carbons (Fsp3) is 0. The zero-order chi connectivity index (χ0) is 12.5. The third kappa shape index (κ3) is 1.82. The van der Waals surface area contributed by atoms with Crippen LogP contribution in [0.3, 0.4) is 0 Å². The monoisotopic (exact) mass is 260 g/mol. The average Bonchev–Trinajstić information content (AvgIpc) is 2.84. The first-order valence-corrected chi connectivity index (χ1v) is 5.60. The summed E-state index contributed by atoms with van der Waals surface area (Å²) >= 11 is 5.81. The van der Waals surface area contributed by atoms with E-state index in [0.29, 0.717) is 16.1 Å². The molecule has 2 heterocycles. The maximum Gasteiger partial charge on any atom is 0.160 e. The summed E-state index contributed by atoms with van der Waals surface area (Å²) in [4.78, 5) is 4.15. The minimum atomic E-state index is 0.281. The van der Waals surface area contributed by atoms with Crippen molar-refractivity contribution in [1.82, 2.24) is 19.9 Å². The van der Waals surface area contributed by atoms with E-state index in [0.717, 1.165) is 5.69 Å². The van der Waals surface area contributed by atoms with E-state index in [1.807, 2.05) is 12.1 Å². The van der Waals surface area contributed by atoms with Gasteiger partial charge in [0.05, 0.1) is 17.3 Å². The third-order valence-electron chi connectivity index (χ3n) is 2.51. The largest absolute Gasteiger partial charge is 0.292 e. The van der Waals surface area contributed by atoms with Crippen molar-refractivity contribution in [2.24, 2.45) is 0 Å². The minimum Gasteiger partial charge on any atom is -0.292 e. The summed E-state index contributed by atoms with van der Waals surface area (Å²) in [6.45, 7) is 0. The molecule has 3 N–H and O–H groups in total. The Balaban J connectivity index is 2.02. The fourth-order valence-corrected chi connectivity index (χ4v) is 1.73. The molecular formula is C11H9ClN6. The van der Waals surface area contributed by atoms with Gasteiger partial charge in [0.15, 0.2) is 11.1 Å². The van der Waals surface area contributed by atoms with Crippen molar-refractivity contribution in [3.8, 4) is 0 Å². The Morgan fingerprint density at radius 3 is 2.83 bits per heavy atom. The molecule has 0 unspecified atom stereocenters. The summed E-state index contributed by atoms with van der Waals surface area (Å²) in [5.41, 5.74) is 4.74. The number of benzene rings is 1. The first-order chi connectivity index (χ1) is 8.74. The Hall–Kier alpha value is -2.34. The van der Waals surface area contributed by atoms with Gasteiger partial charge in [-0.2, -0.15) is 5.10 Å². The van der Waals surface area contributed by atoms with Crippen LogP contribution < -0.4 is 10.9 Å². The van der Waals surface area contributed by atoms with Gasteiger partial charge in [0.25, 0.3) is 0 Å². The molecule has 7 heteroatoms. The summed E-state index contributed by atoms with van der Waals surface area (Å²) in [6, 6.07) is 7.21. The highest BCUT2D eigenvalue weighted by Gasteiger charge is 2.02. The average molecular weight is 261 g/mol. The van der Waals surface area contributed by atoms with Crippen molar-refractivity contribution in [3.05, 3.63) is 47.3 Å². The van der Waals surface area contributed by atoms with Gasteiger partial charge in [-0.05, 0) is 24.3 Å². The van der Waals surface area contributed by atoms with E-state index in [1.165, 1.54) is 11.0 Å². The van der Waals surface area contributed by atoms with Crippen molar-refractivity contribution in [2.45, 2.75) is 0 Å². The molecule has 6 nitrogen and oxygen atoms in total. The molecule has 18 heavy (non-hydrogen) atoms. The lowest BCUT2D eigenvalue weighted by atomic mass is 10.3. The quantitative estimate of drug-likeness (QED) is 0.657. The normalized spacial score (nSPS) is 10.7. The second-order valence-electron chi connectivity index (χ2n) is 3.71. The van der Waals surface area contributed by atoms with Gasteiger partial charge in [-0.25, -0.2) is 9.66 Å². The van der Waals surface area contributed by atoms with Crippen LogP contribution in [0.4, 0.5) is 5.69 Å². The molecule has 0 aliphatic heterocycles. The number of hydrogen-bond acceptors (Lipinski definition) is 4. The van der Waals surface area contributed by atoms with Crippen molar-refractivity contribution < 1.29 is 0 Å². The van der Waals surface area contributed by atoms with Crippen molar-refractivity contribution in [3.63, 3.8) is 0 Å². The molecule has 0 radical (unpaired) electrons. The SMILES string of the molecule is N=c1c2cn[nH]c2ncn1Nc1ccc(Cl)cc1. The Bertz CT molecular complexity index is 742. The van der Waals surface area contributed by atoms with Crippen LogP contribution >= 0.6 is 11.6 Å². The summed E-state index contributed by atoms with van der Waals surface area (Å²) < 4.78 is 1.51. The summed E-state index contributed by atoms with van der Waals surface area (Å²) in [5, 5.41) is 15.9. The number of aromatic nitrogens is 4. The number of halogens is 1. The number of H-pyrrole nitrogens is 1. The second-order valence-corrected chi connectivity index (χ2v) is 4.15. The molecule has 0 saturated carbocycles. The molecule has 0 fully saturated rings. The number of nitrogens with one attached hydrogen (secondary N) is 3. The number of rotatable bonds is 2. The number of aromatic amines is 1. The van der Waals surface area contributed by atoms with Crippen molar-refractivity contribution in [1.29, 1.82) is 5.41 Å². The molecule has 0 spiro atoms. The smallest absolute Gasteiger partial charge is 0.160 e. The van der Waals surface area contributed by atoms with E-state index >= 15 is 0 Å². The molecule has 3 rings (SSSR count). The van der Waals surface area contributed by atoms with E-state index in [2.05, 4.69) is 20.6 Å². The zero-order valence-corrected chi connectivity index (χ0v) is 9.94. The summed E-state index contributed by atoms with van der Waals surface area (Å²) in [6.07, 6.45) is 3.10. The van der Waals surface area contributed by atoms with Crippen LogP contribution in [0.5, 0.6) is 0 Å². The van der Waals surface area contributed by atoms with E-state index in [1.54, 1.807) is 18.3 Å². The van der Waals surface area contributed by atoms with Gasteiger partial charge in [-0.3, -0.25) is 15.9 Å². The topological polar surface area (TPSA) is 82.4 Å². The lowest BCUT2D eigenvalue weighted by Crippen LogP contribution is -2.26. The Kier molecular flexibility index (Phi) is 2.49. The molecule has 3 aromatic rings. The lowest BCUT2D eigenvalue weighted by Gasteiger charge is -2.09. The number of hydrogen-bond donors (Lipinski definition) is 3. The van der Waals surface area contributed by atoms with Crippen LogP contribution in [0.25, 0.3) is 11.0 Å². The van der Waals surface area contributed by atoms with Crippen LogP contribution in [-0.4, -0.2) is 19.9 Å². The third-order valence-corrected chi connectivity index (χ3v) is 2.76. The fourth-order valence-electron chi connectivity index (χ4n) is 1.60.